The van der Waals surface area contributed by atoms with E-state index < -0.39 is 0 Å². The molecule has 0 saturated heterocycles. The lowest BCUT2D eigenvalue weighted by atomic mass is 10.2. The molecule has 6 nitrogen and oxygen atoms in total. The molecule has 0 spiro atoms. The molecule has 0 bridgehead atoms. The molecule has 1 atom stereocenters. The molecule has 0 aliphatic carbocycles. The first kappa shape index (κ1) is 21.6. The number of ether oxygens (including phenoxy) is 2. The van der Waals surface area contributed by atoms with E-state index in [0.29, 0.717) is 31.4 Å². The molecule has 152 valence electrons. The van der Waals surface area contributed by atoms with Crippen LogP contribution in [0.15, 0.2) is 53.5 Å². The summed E-state index contributed by atoms with van der Waals surface area (Å²) in [6, 6.07) is 15.5. The molecule has 0 radical (unpaired) electrons. The summed E-state index contributed by atoms with van der Waals surface area (Å²) in [6.07, 6.45) is 0. The van der Waals surface area contributed by atoms with Crippen molar-refractivity contribution in [1.82, 2.24) is 10.6 Å². The second-order valence-electron chi connectivity index (χ2n) is 6.69. The van der Waals surface area contributed by atoms with Gasteiger partial charge in [-0.05, 0) is 36.1 Å². The standard InChI is InChI=1S/C22H31N3O3/c1-4-23-22(25-14-19-10-11-21(27-3)20(26)12-19)24-13-17(2)15-28-16-18-8-6-5-7-9-18/h5-12,17,26H,4,13-16H2,1-3H3,(H2,23,24,25). The zero-order chi connectivity index (χ0) is 20.2. The number of methoxy groups -OCH3 is 1. The van der Waals surface area contributed by atoms with E-state index in [4.69, 9.17) is 9.47 Å². The number of rotatable bonds is 10. The van der Waals surface area contributed by atoms with Crippen LogP contribution in [-0.4, -0.2) is 37.9 Å². The van der Waals surface area contributed by atoms with Crippen LogP contribution in [0.1, 0.15) is 25.0 Å². The van der Waals surface area contributed by atoms with E-state index in [1.807, 2.05) is 31.2 Å². The Hall–Kier alpha value is -2.73. The lowest BCUT2D eigenvalue weighted by Gasteiger charge is -2.16. The van der Waals surface area contributed by atoms with E-state index in [1.54, 1.807) is 12.1 Å². The van der Waals surface area contributed by atoms with Crippen LogP contribution in [0.5, 0.6) is 11.5 Å². The van der Waals surface area contributed by atoms with Crippen molar-refractivity contribution >= 4 is 5.96 Å². The monoisotopic (exact) mass is 385 g/mol. The Morgan fingerprint density at radius 3 is 2.57 bits per heavy atom. The molecule has 0 aromatic heterocycles. The molecular weight excluding hydrogens is 354 g/mol. The maximum atomic E-state index is 9.88. The molecule has 2 aromatic rings. The predicted octanol–water partition coefficient (Wildman–Crippen LogP) is 3.31. The average Bonchev–Trinajstić information content (AvgIpc) is 2.71. The molecule has 0 fully saturated rings. The number of benzene rings is 2. The van der Waals surface area contributed by atoms with Crippen molar-refractivity contribution in [2.45, 2.75) is 27.0 Å². The Kier molecular flexibility index (Phi) is 9.15. The highest BCUT2D eigenvalue weighted by Crippen LogP contribution is 2.26. The third kappa shape index (κ3) is 7.48. The normalized spacial score (nSPS) is 12.5. The molecule has 1 unspecified atom stereocenters. The average molecular weight is 386 g/mol. The number of nitrogens with zero attached hydrogens (tertiary/aromatic N) is 1. The van der Waals surface area contributed by atoms with Gasteiger partial charge in [0.1, 0.15) is 0 Å². The zero-order valence-electron chi connectivity index (χ0n) is 16.9. The highest BCUT2D eigenvalue weighted by Gasteiger charge is 2.06. The van der Waals surface area contributed by atoms with Gasteiger partial charge in [-0.15, -0.1) is 0 Å². The van der Waals surface area contributed by atoms with E-state index in [2.05, 4.69) is 34.7 Å². The van der Waals surface area contributed by atoms with Crippen molar-refractivity contribution in [1.29, 1.82) is 0 Å². The largest absolute Gasteiger partial charge is 0.504 e. The summed E-state index contributed by atoms with van der Waals surface area (Å²) in [7, 11) is 1.53. The Morgan fingerprint density at radius 1 is 1.11 bits per heavy atom. The summed E-state index contributed by atoms with van der Waals surface area (Å²) in [5.74, 6) is 1.67. The summed E-state index contributed by atoms with van der Waals surface area (Å²) in [5, 5.41) is 16.5. The molecule has 6 heteroatoms. The van der Waals surface area contributed by atoms with Crippen LogP contribution in [0.2, 0.25) is 0 Å². The number of guanidine groups is 1. The van der Waals surface area contributed by atoms with Gasteiger partial charge in [-0.3, -0.25) is 0 Å². The number of phenolic OH excluding ortho intramolecular Hbond substituents is 1. The first-order valence-corrected chi connectivity index (χ1v) is 9.62. The topological polar surface area (TPSA) is 75.1 Å². The number of aliphatic imine (C=N–C) groups is 1. The van der Waals surface area contributed by atoms with Crippen LogP contribution in [-0.2, 0) is 17.9 Å². The van der Waals surface area contributed by atoms with Crippen molar-refractivity contribution < 1.29 is 14.6 Å². The van der Waals surface area contributed by atoms with Gasteiger partial charge in [0.05, 0.1) is 26.9 Å². The number of nitrogens with one attached hydrogen (secondary N) is 2. The van der Waals surface area contributed by atoms with Crippen LogP contribution in [0.3, 0.4) is 0 Å². The highest BCUT2D eigenvalue weighted by atomic mass is 16.5. The SMILES string of the molecule is CCNC(=NCc1ccc(OC)c(O)c1)NCC(C)COCc1ccccc1. The molecule has 0 aliphatic rings. The molecule has 0 aliphatic heterocycles. The van der Waals surface area contributed by atoms with E-state index in [0.717, 1.165) is 24.6 Å². The Morgan fingerprint density at radius 2 is 1.89 bits per heavy atom. The Balaban J connectivity index is 1.79. The fraction of sp³-hybridized carbons (Fsp3) is 0.409. The fourth-order valence-electron chi connectivity index (χ4n) is 2.63. The van der Waals surface area contributed by atoms with Gasteiger partial charge in [0.15, 0.2) is 17.5 Å². The first-order chi connectivity index (χ1) is 13.6. The molecule has 2 aromatic carbocycles. The second kappa shape index (κ2) is 11.9. The number of hydrogen-bond donors (Lipinski definition) is 3. The van der Waals surface area contributed by atoms with Gasteiger partial charge < -0.3 is 25.2 Å². The third-order valence-corrected chi connectivity index (χ3v) is 4.14. The maximum absolute atomic E-state index is 9.88. The lowest BCUT2D eigenvalue weighted by Crippen LogP contribution is -2.40. The van der Waals surface area contributed by atoms with Gasteiger partial charge >= 0.3 is 0 Å². The summed E-state index contributed by atoms with van der Waals surface area (Å²) < 4.78 is 10.9. The molecule has 0 saturated carbocycles. The fourth-order valence-corrected chi connectivity index (χ4v) is 2.63. The van der Waals surface area contributed by atoms with E-state index in [-0.39, 0.29) is 5.75 Å². The number of hydrogen-bond acceptors (Lipinski definition) is 4. The molecule has 2 rings (SSSR count). The maximum Gasteiger partial charge on any atom is 0.191 e. The van der Waals surface area contributed by atoms with Crippen LogP contribution in [0.25, 0.3) is 0 Å². The van der Waals surface area contributed by atoms with Crippen molar-refractivity contribution in [3.63, 3.8) is 0 Å². The quantitative estimate of drug-likeness (QED) is 0.432. The summed E-state index contributed by atoms with van der Waals surface area (Å²) in [4.78, 5) is 4.58. The predicted molar refractivity (Wildman–Crippen MR) is 113 cm³/mol. The third-order valence-electron chi connectivity index (χ3n) is 4.14. The lowest BCUT2D eigenvalue weighted by molar-refractivity contribution is 0.0931. The van der Waals surface area contributed by atoms with Crippen molar-refractivity contribution in [2.75, 3.05) is 26.8 Å². The van der Waals surface area contributed by atoms with Gasteiger partial charge in [-0.25, -0.2) is 4.99 Å². The van der Waals surface area contributed by atoms with Crippen LogP contribution in [0.4, 0.5) is 0 Å². The van der Waals surface area contributed by atoms with Gasteiger partial charge in [0, 0.05) is 13.1 Å². The van der Waals surface area contributed by atoms with Crippen LogP contribution >= 0.6 is 0 Å². The van der Waals surface area contributed by atoms with Crippen molar-refractivity contribution in [2.24, 2.45) is 10.9 Å². The van der Waals surface area contributed by atoms with E-state index in [1.165, 1.54) is 12.7 Å². The molecular formula is C22H31N3O3. The molecule has 0 amide bonds. The Labute approximate surface area is 167 Å². The zero-order valence-corrected chi connectivity index (χ0v) is 16.9. The second-order valence-corrected chi connectivity index (χ2v) is 6.69. The minimum absolute atomic E-state index is 0.123. The summed E-state index contributed by atoms with van der Waals surface area (Å²) >= 11 is 0. The van der Waals surface area contributed by atoms with Crippen molar-refractivity contribution in [3.05, 3.63) is 59.7 Å². The first-order valence-electron chi connectivity index (χ1n) is 9.62. The summed E-state index contributed by atoms with van der Waals surface area (Å²) in [6.45, 7) is 7.47. The van der Waals surface area contributed by atoms with Gasteiger partial charge in [0.2, 0.25) is 0 Å². The summed E-state index contributed by atoms with van der Waals surface area (Å²) in [5.41, 5.74) is 2.09. The molecule has 28 heavy (non-hydrogen) atoms. The Bertz CT molecular complexity index is 735. The van der Waals surface area contributed by atoms with Gasteiger partial charge in [-0.1, -0.05) is 43.3 Å². The minimum Gasteiger partial charge on any atom is -0.504 e. The van der Waals surface area contributed by atoms with E-state index >= 15 is 0 Å². The number of phenols is 1. The smallest absolute Gasteiger partial charge is 0.191 e. The van der Waals surface area contributed by atoms with E-state index in [9.17, 15) is 5.11 Å². The number of aromatic hydroxyl groups is 1. The van der Waals surface area contributed by atoms with Gasteiger partial charge in [0.25, 0.3) is 0 Å². The van der Waals surface area contributed by atoms with Crippen molar-refractivity contribution in [3.8, 4) is 11.5 Å². The molecule has 3 N–H and O–H groups in total. The van der Waals surface area contributed by atoms with Crippen LogP contribution < -0.4 is 15.4 Å². The van der Waals surface area contributed by atoms with Gasteiger partial charge in [-0.2, -0.15) is 0 Å². The highest BCUT2D eigenvalue weighted by molar-refractivity contribution is 5.79. The molecule has 0 heterocycles. The van der Waals surface area contributed by atoms with Crippen LogP contribution in [0, 0.1) is 5.92 Å². The minimum atomic E-state index is 0.123.